The third-order valence-electron chi connectivity index (χ3n) is 4.68. The van der Waals surface area contributed by atoms with E-state index in [1.54, 1.807) is 18.4 Å². The van der Waals surface area contributed by atoms with Gasteiger partial charge in [0.2, 0.25) is 0 Å². The molecule has 2 N–H and O–H groups in total. The monoisotopic (exact) mass is 391 g/mol. The van der Waals surface area contributed by atoms with Crippen LogP contribution in [0, 0.1) is 13.8 Å². The minimum Gasteiger partial charge on any atom is -0.495 e. The Balaban J connectivity index is 1.70. The first-order valence-corrected chi connectivity index (χ1v) is 9.84. The van der Waals surface area contributed by atoms with Crippen LogP contribution in [0.15, 0.2) is 53.3 Å². The number of ether oxygens (including phenoxy) is 1. The van der Waals surface area contributed by atoms with Gasteiger partial charge in [0.15, 0.2) is 0 Å². The minimum atomic E-state index is -0.109. The number of benzene rings is 2. The quantitative estimate of drug-likeness (QED) is 0.508. The zero-order valence-corrected chi connectivity index (χ0v) is 16.8. The molecule has 0 aliphatic rings. The zero-order valence-electron chi connectivity index (χ0n) is 16.0. The van der Waals surface area contributed by atoms with Crippen molar-refractivity contribution in [3.8, 4) is 16.9 Å². The zero-order chi connectivity index (χ0) is 19.7. The molecule has 6 heteroatoms. The molecule has 0 saturated heterocycles. The van der Waals surface area contributed by atoms with Gasteiger partial charge in [-0.2, -0.15) is 0 Å². The molecular formula is C22H21N3O2S. The molecule has 0 spiro atoms. The molecular weight excluding hydrogens is 370 g/mol. The molecule has 0 amide bonds. The van der Waals surface area contributed by atoms with Crippen LogP contribution < -0.4 is 15.6 Å². The molecule has 4 rings (SSSR count). The van der Waals surface area contributed by atoms with E-state index in [1.807, 2.05) is 31.2 Å². The second-order valence-electron chi connectivity index (χ2n) is 6.65. The molecule has 0 fully saturated rings. The molecule has 2 aromatic carbocycles. The lowest BCUT2D eigenvalue weighted by molar-refractivity contribution is 0.416. The molecule has 2 heterocycles. The van der Waals surface area contributed by atoms with E-state index in [2.05, 4.69) is 41.5 Å². The van der Waals surface area contributed by atoms with E-state index in [1.165, 1.54) is 5.56 Å². The van der Waals surface area contributed by atoms with Crippen LogP contribution in [0.5, 0.6) is 5.75 Å². The topological polar surface area (TPSA) is 67.0 Å². The maximum atomic E-state index is 12.9. The summed E-state index contributed by atoms with van der Waals surface area (Å²) >= 11 is 1.55. The fourth-order valence-electron chi connectivity index (χ4n) is 3.28. The molecule has 5 nitrogen and oxygen atoms in total. The van der Waals surface area contributed by atoms with E-state index in [0.29, 0.717) is 17.8 Å². The Morgan fingerprint density at radius 3 is 2.61 bits per heavy atom. The van der Waals surface area contributed by atoms with Crippen LogP contribution in [0.4, 0.5) is 5.69 Å². The first-order valence-electron chi connectivity index (χ1n) is 9.03. The lowest BCUT2D eigenvalue weighted by Gasteiger charge is -2.10. The third-order valence-corrected chi connectivity index (χ3v) is 5.68. The highest BCUT2D eigenvalue weighted by Gasteiger charge is 2.16. The van der Waals surface area contributed by atoms with Gasteiger partial charge in [-0.15, -0.1) is 11.3 Å². The Kier molecular flexibility index (Phi) is 4.88. The summed E-state index contributed by atoms with van der Waals surface area (Å²) < 4.78 is 5.35. The van der Waals surface area contributed by atoms with E-state index < -0.39 is 0 Å². The van der Waals surface area contributed by atoms with Crippen molar-refractivity contribution in [2.24, 2.45) is 0 Å². The van der Waals surface area contributed by atoms with Gasteiger partial charge in [-0.05, 0) is 31.5 Å². The highest BCUT2D eigenvalue weighted by atomic mass is 32.1. The average Bonchev–Trinajstić information content (AvgIpc) is 3.03. The number of thiophene rings is 1. The lowest BCUT2D eigenvalue weighted by atomic mass is 10.0. The van der Waals surface area contributed by atoms with Crippen molar-refractivity contribution in [1.29, 1.82) is 0 Å². The van der Waals surface area contributed by atoms with Crippen molar-refractivity contribution in [3.63, 3.8) is 0 Å². The first-order chi connectivity index (χ1) is 13.6. The van der Waals surface area contributed by atoms with Gasteiger partial charge in [-0.25, -0.2) is 4.98 Å². The van der Waals surface area contributed by atoms with Gasteiger partial charge in [0.25, 0.3) is 5.56 Å². The van der Waals surface area contributed by atoms with E-state index >= 15 is 0 Å². The van der Waals surface area contributed by atoms with E-state index in [-0.39, 0.29) is 5.56 Å². The van der Waals surface area contributed by atoms with Crippen LogP contribution in [-0.4, -0.2) is 17.1 Å². The second-order valence-corrected chi connectivity index (χ2v) is 7.85. The van der Waals surface area contributed by atoms with Gasteiger partial charge in [-0.3, -0.25) is 4.79 Å². The molecule has 0 unspecified atom stereocenters. The normalized spacial score (nSPS) is 11.0. The molecule has 28 heavy (non-hydrogen) atoms. The van der Waals surface area contributed by atoms with Crippen molar-refractivity contribution in [2.45, 2.75) is 20.4 Å². The van der Waals surface area contributed by atoms with Gasteiger partial charge < -0.3 is 15.0 Å². The number of aromatic nitrogens is 2. The Morgan fingerprint density at radius 1 is 1.11 bits per heavy atom. The fraction of sp³-hybridized carbons (Fsp3) is 0.182. The highest BCUT2D eigenvalue weighted by molar-refractivity contribution is 7.19. The number of rotatable bonds is 5. The molecule has 0 aliphatic carbocycles. The van der Waals surface area contributed by atoms with Crippen LogP contribution in [0.25, 0.3) is 21.3 Å². The maximum absolute atomic E-state index is 12.9. The van der Waals surface area contributed by atoms with Gasteiger partial charge in [0.1, 0.15) is 16.4 Å². The van der Waals surface area contributed by atoms with Crippen molar-refractivity contribution in [1.82, 2.24) is 9.97 Å². The lowest BCUT2D eigenvalue weighted by Crippen LogP contribution is -2.14. The summed E-state index contributed by atoms with van der Waals surface area (Å²) in [7, 11) is 1.63. The third kappa shape index (κ3) is 3.39. The number of methoxy groups -OCH3 is 1. The molecule has 142 valence electrons. The summed E-state index contributed by atoms with van der Waals surface area (Å²) in [5.74, 6) is 1.35. The number of nitrogens with zero attached hydrogens (tertiary/aromatic N) is 1. The van der Waals surface area contributed by atoms with E-state index in [0.717, 1.165) is 32.3 Å². The van der Waals surface area contributed by atoms with Crippen LogP contribution in [0.2, 0.25) is 0 Å². The number of hydrogen-bond acceptors (Lipinski definition) is 5. The predicted octanol–water partition coefficient (Wildman–Crippen LogP) is 4.89. The summed E-state index contributed by atoms with van der Waals surface area (Å²) in [6.07, 6.45) is 0. The Hall–Kier alpha value is -3.12. The highest BCUT2D eigenvalue weighted by Crippen LogP contribution is 2.35. The van der Waals surface area contributed by atoms with Gasteiger partial charge in [-0.1, -0.05) is 42.0 Å². The predicted molar refractivity (Wildman–Crippen MR) is 115 cm³/mol. The Morgan fingerprint density at radius 2 is 1.86 bits per heavy atom. The van der Waals surface area contributed by atoms with Crippen molar-refractivity contribution < 1.29 is 4.74 Å². The van der Waals surface area contributed by atoms with Crippen molar-refractivity contribution >= 4 is 27.2 Å². The smallest absolute Gasteiger partial charge is 0.260 e. The second kappa shape index (κ2) is 7.48. The van der Waals surface area contributed by atoms with Crippen LogP contribution in [0.3, 0.4) is 0 Å². The molecule has 0 atom stereocenters. The number of anilines is 1. The summed E-state index contributed by atoms with van der Waals surface area (Å²) in [6.45, 7) is 4.49. The summed E-state index contributed by atoms with van der Waals surface area (Å²) in [5, 5.41) is 3.94. The largest absolute Gasteiger partial charge is 0.495 e. The van der Waals surface area contributed by atoms with Gasteiger partial charge in [0, 0.05) is 10.4 Å². The Bertz CT molecular complexity index is 1190. The fourth-order valence-corrected chi connectivity index (χ4v) is 4.35. The summed E-state index contributed by atoms with van der Waals surface area (Å²) in [4.78, 5) is 22.3. The summed E-state index contributed by atoms with van der Waals surface area (Å²) in [5.41, 5.74) is 3.95. The van der Waals surface area contributed by atoms with Crippen LogP contribution in [0.1, 0.15) is 16.3 Å². The standard InChI is InChI=1S/C22H21N3O2S/c1-13-8-10-15(11-9-13)19-14(2)28-22-20(19)21(26)24-18(25-22)12-23-16-6-4-5-7-17(16)27-3/h4-11,23H,12H2,1-3H3,(H,24,25,26). The number of fused-ring (bicyclic) bond motifs is 1. The molecule has 2 aromatic heterocycles. The number of nitrogens with one attached hydrogen (secondary N) is 2. The number of H-pyrrole nitrogens is 1. The van der Waals surface area contributed by atoms with Crippen LogP contribution in [-0.2, 0) is 6.54 Å². The van der Waals surface area contributed by atoms with Gasteiger partial charge >= 0.3 is 0 Å². The molecule has 0 saturated carbocycles. The number of para-hydroxylation sites is 2. The molecule has 0 bridgehead atoms. The number of aryl methyl sites for hydroxylation is 2. The number of hydrogen-bond donors (Lipinski definition) is 2. The van der Waals surface area contributed by atoms with E-state index in [9.17, 15) is 4.79 Å². The van der Waals surface area contributed by atoms with Crippen molar-refractivity contribution in [3.05, 3.63) is 75.1 Å². The Labute approximate surface area is 167 Å². The SMILES string of the molecule is COc1ccccc1NCc1nc2sc(C)c(-c3ccc(C)cc3)c2c(=O)[nH]1. The number of aromatic amines is 1. The molecule has 0 aliphatic heterocycles. The molecule has 0 radical (unpaired) electrons. The average molecular weight is 391 g/mol. The summed E-state index contributed by atoms with van der Waals surface area (Å²) in [6, 6.07) is 15.9. The van der Waals surface area contributed by atoms with Crippen LogP contribution >= 0.6 is 11.3 Å². The maximum Gasteiger partial charge on any atom is 0.260 e. The first kappa shape index (κ1) is 18.3. The molecule has 4 aromatic rings. The van der Waals surface area contributed by atoms with Gasteiger partial charge in [0.05, 0.1) is 24.7 Å². The minimum absolute atomic E-state index is 0.109. The van der Waals surface area contributed by atoms with Crippen molar-refractivity contribution in [2.75, 3.05) is 12.4 Å². The van der Waals surface area contributed by atoms with E-state index in [4.69, 9.17) is 9.72 Å².